The van der Waals surface area contributed by atoms with Crippen molar-refractivity contribution in [1.82, 2.24) is 9.13 Å². The lowest BCUT2D eigenvalue weighted by Crippen LogP contribution is -2.04. The van der Waals surface area contributed by atoms with Crippen LogP contribution in [-0.4, -0.2) is 34.6 Å². The zero-order valence-corrected chi connectivity index (χ0v) is 18.8. The highest BCUT2D eigenvalue weighted by atomic mass is 16.6. The summed E-state index contributed by atoms with van der Waals surface area (Å²) in [7, 11) is 0. The third kappa shape index (κ3) is 2.79. The number of ether oxygens (including phenoxy) is 2. The van der Waals surface area contributed by atoms with Crippen molar-refractivity contribution in [3.8, 4) is 11.1 Å². The summed E-state index contributed by atoms with van der Waals surface area (Å²) in [6.07, 6.45) is 0.657. The van der Waals surface area contributed by atoms with Crippen LogP contribution >= 0.6 is 0 Å². The molecule has 166 valence electrons. The summed E-state index contributed by atoms with van der Waals surface area (Å²) in [5.41, 5.74) is 7.67. The molecule has 2 fully saturated rings. The molecule has 2 unspecified atom stereocenters. The van der Waals surface area contributed by atoms with Gasteiger partial charge in [-0.15, -0.1) is 0 Å². The van der Waals surface area contributed by atoms with Crippen molar-refractivity contribution >= 4 is 43.6 Å². The highest BCUT2D eigenvalue weighted by molar-refractivity contribution is 6.14. The first-order valence-electron chi connectivity index (χ1n) is 12.1. The number of rotatable bonds is 5. The Kier molecular flexibility index (Phi) is 3.84. The van der Waals surface area contributed by atoms with E-state index >= 15 is 0 Å². The number of aromatic nitrogens is 2. The Morgan fingerprint density at radius 3 is 1.91 bits per heavy atom. The summed E-state index contributed by atoms with van der Waals surface area (Å²) in [4.78, 5) is 0. The first-order chi connectivity index (χ1) is 16.8. The standard InChI is InChI=1S/C30H24N2O2/c1-4-11-28-23(6-1)25-9-5-8-22(30(25)32(28)16-21-18-34-21)19-12-13-29-26(14-19)24-7-2-3-10-27(24)31(29)15-20-17-33-20/h1-14,20-21H,15-18H2. The van der Waals surface area contributed by atoms with Crippen molar-refractivity contribution in [2.24, 2.45) is 0 Å². The molecule has 8 rings (SSSR count). The molecule has 0 amide bonds. The van der Waals surface area contributed by atoms with Crippen LogP contribution in [0.25, 0.3) is 54.7 Å². The first kappa shape index (κ1) is 18.8. The van der Waals surface area contributed by atoms with Gasteiger partial charge < -0.3 is 18.6 Å². The van der Waals surface area contributed by atoms with Crippen molar-refractivity contribution in [2.75, 3.05) is 13.2 Å². The van der Waals surface area contributed by atoms with Gasteiger partial charge in [0.15, 0.2) is 0 Å². The third-order valence-electron chi connectivity index (χ3n) is 7.45. The van der Waals surface area contributed by atoms with Crippen LogP contribution in [0, 0.1) is 0 Å². The molecule has 2 saturated heterocycles. The first-order valence-corrected chi connectivity index (χ1v) is 12.1. The minimum absolute atomic E-state index is 0.317. The lowest BCUT2D eigenvalue weighted by molar-refractivity contribution is 0.387. The molecule has 2 aromatic heterocycles. The molecule has 34 heavy (non-hydrogen) atoms. The van der Waals surface area contributed by atoms with E-state index < -0.39 is 0 Å². The minimum Gasteiger partial charge on any atom is -0.371 e. The topological polar surface area (TPSA) is 34.9 Å². The zero-order valence-electron chi connectivity index (χ0n) is 18.8. The molecule has 4 nitrogen and oxygen atoms in total. The monoisotopic (exact) mass is 444 g/mol. The van der Waals surface area contributed by atoms with E-state index in [0.29, 0.717) is 12.2 Å². The molecule has 0 N–H and O–H groups in total. The van der Waals surface area contributed by atoms with Crippen molar-refractivity contribution in [3.05, 3.63) is 84.9 Å². The summed E-state index contributed by atoms with van der Waals surface area (Å²) in [6, 6.07) is 31.2. The second-order valence-electron chi connectivity index (χ2n) is 9.60. The van der Waals surface area contributed by atoms with Crippen molar-refractivity contribution in [1.29, 1.82) is 0 Å². The number of hydrogen-bond acceptors (Lipinski definition) is 2. The van der Waals surface area contributed by atoms with Crippen molar-refractivity contribution in [2.45, 2.75) is 25.3 Å². The van der Waals surface area contributed by atoms with E-state index in [2.05, 4.69) is 94.1 Å². The lowest BCUT2D eigenvalue weighted by Gasteiger charge is -2.11. The van der Waals surface area contributed by atoms with Gasteiger partial charge in [-0.1, -0.05) is 60.7 Å². The van der Waals surface area contributed by atoms with Gasteiger partial charge in [-0.25, -0.2) is 0 Å². The smallest absolute Gasteiger partial charge is 0.0988 e. The molecular formula is C30H24N2O2. The van der Waals surface area contributed by atoms with Gasteiger partial charge in [0.05, 0.1) is 44.0 Å². The maximum atomic E-state index is 5.64. The maximum Gasteiger partial charge on any atom is 0.0988 e. The predicted molar refractivity (Wildman–Crippen MR) is 137 cm³/mol. The van der Waals surface area contributed by atoms with Gasteiger partial charge in [-0.3, -0.25) is 0 Å². The highest BCUT2D eigenvalue weighted by Crippen LogP contribution is 2.39. The van der Waals surface area contributed by atoms with E-state index in [1.54, 1.807) is 0 Å². The summed E-state index contributed by atoms with van der Waals surface area (Å²) >= 11 is 0. The predicted octanol–water partition coefficient (Wildman–Crippen LogP) is 6.37. The lowest BCUT2D eigenvalue weighted by atomic mass is 10.00. The van der Waals surface area contributed by atoms with Gasteiger partial charge in [-0.05, 0) is 29.8 Å². The fraction of sp³-hybridized carbons (Fsp3) is 0.200. The second-order valence-corrected chi connectivity index (χ2v) is 9.60. The average molecular weight is 445 g/mol. The van der Waals surface area contributed by atoms with E-state index in [1.807, 2.05) is 0 Å². The van der Waals surface area contributed by atoms with Crippen molar-refractivity contribution in [3.63, 3.8) is 0 Å². The summed E-state index contributed by atoms with van der Waals surface area (Å²) < 4.78 is 16.1. The molecule has 0 saturated carbocycles. The number of benzene rings is 4. The highest BCUT2D eigenvalue weighted by Gasteiger charge is 2.27. The molecule has 0 spiro atoms. The maximum absolute atomic E-state index is 5.64. The van der Waals surface area contributed by atoms with Gasteiger partial charge >= 0.3 is 0 Å². The third-order valence-corrected chi connectivity index (χ3v) is 7.45. The van der Waals surface area contributed by atoms with E-state index in [1.165, 1.54) is 54.7 Å². The number of epoxide rings is 2. The van der Waals surface area contributed by atoms with Gasteiger partial charge in [0, 0.05) is 43.7 Å². The van der Waals surface area contributed by atoms with Gasteiger partial charge in [0.25, 0.3) is 0 Å². The average Bonchev–Trinajstić information content (AvgIpc) is 3.82. The fourth-order valence-electron chi connectivity index (χ4n) is 5.70. The van der Waals surface area contributed by atoms with Crippen LogP contribution in [-0.2, 0) is 22.6 Å². The Morgan fingerprint density at radius 2 is 1.18 bits per heavy atom. The van der Waals surface area contributed by atoms with Crippen LogP contribution in [0.3, 0.4) is 0 Å². The second kappa shape index (κ2) is 6.95. The Hall–Kier alpha value is -3.60. The van der Waals surface area contributed by atoms with Crippen LogP contribution in [0.4, 0.5) is 0 Å². The van der Waals surface area contributed by atoms with Gasteiger partial charge in [-0.2, -0.15) is 0 Å². The molecular weight excluding hydrogens is 420 g/mol. The van der Waals surface area contributed by atoms with Crippen LogP contribution in [0.1, 0.15) is 0 Å². The molecule has 0 aliphatic carbocycles. The summed E-state index contributed by atoms with van der Waals surface area (Å²) in [5, 5.41) is 5.22. The number of para-hydroxylation sites is 3. The Bertz CT molecular complexity index is 1730. The number of hydrogen-bond donors (Lipinski definition) is 0. The Labute approximate surface area is 196 Å². The fourth-order valence-corrected chi connectivity index (χ4v) is 5.70. The molecule has 2 aliphatic rings. The molecule has 2 atom stereocenters. The van der Waals surface area contributed by atoms with Gasteiger partial charge in [0.2, 0.25) is 0 Å². The number of fused-ring (bicyclic) bond motifs is 6. The van der Waals surface area contributed by atoms with E-state index in [4.69, 9.17) is 9.47 Å². The molecule has 4 heteroatoms. The minimum atomic E-state index is 0.317. The molecule has 0 radical (unpaired) electrons. The summed E-state index contributed by atoms with van der Waals surface area (Å²) in [6.45, 7) is 3.52. The van der Waals surface area contributed by atoms with Crippen LogP contribution < -0.4 is 0 Å². The van der Waals surface area contributed by atoms with Gasteiger partial charge in [0.1, 0.15) is 0 Å². The molecule has 4 heterocycles. The number of nitrogens with zero attached hydrogens (tertiary/aromatic N) is 2. The molecule has 6 aromatic rings. The Balaban J connectivity index is 1.40. The van der Waals surface area contributed by atoms with E-state index in [-0.39, 0.29) is 0 Å². The molecule has 4 aromatic carbocycles. The molecule has 2 aliphatic heterocycles. The van der Waals surface area contributed by atoms with Crippen molar-refractivity contribution < 1.29 is 9.47 Å². The van der Waals surface area contributed by atoms with Crippen LogP contribution in [0.5, 0.6) is 0 Å². The largest absolute Gasteiger partial charge is 0.371 e. The summed E-state index contributed by atoms with van der Waals surface area (Å²) in [5.74, 6) is 0. The van der Waals surface area contributed by atoms with E-state index in [9.17, 15) is 0 Å². The Morgan fingerprint density at radius 1 is 0.588 bits per heavy atom. The zero-order chi connectivity index (χ0) is 22.2. The quantitative estimate of drug-likeness (QED) is 0.290. The van der Waals surface area contributed by atoms with Crippen LogP contribution in [0.15, 0.2) is 84.9 Å². The SMILES string of the molecule is c1ccc2c(c1)c1cc(-c3cccc4c5ccccc5n(CC5CO5)c34)ccc1n2CC1CO1. The molecule has 0 bridgehead atoms. The van der Waals surface area contributed by atoms with E-state index in [0.717, 1.165) is 26.3 Å². The normalized spacial score (nSPS) is 19.5. The van der Waals surface area contributed by atoms with Crippen LogP contribution in [0.2, 0.25) is 0 Å².